The molecule has 4 N–H and O–H groups in total. The van der Waals surface area contributed by atoms with E-state index in [2.05, 4.69) is 26.0 Å². The first-order valence-electron chi connectivity index (χ1n) is 6.34. The zero-order chi connectivity index (χ0) is 14.8. The number of nitriles is 1. The molecular formula is C14H12N6O. The van der Waals surface area contributed by atoms with Crippen molar-refractivity contribution in [3.63, 3.8) is 0 Å². The first kappa shape index (κ1) is 12.9. The fourth-order valence-electron chi connectivity index (χ4n) is 2.40. The van der Waals surface area contributed by atoms with E-state index >= 15 is 0 Å². The van der Waals surface area contributed by atoms with Gasteiger partial charge < -0.3 is 10.7 Å². The van der Waals surface area contributed by atoms with Crippen LogP contribution in [0.5, 0.6) is 0 Å². The van der Waals surface area contributed by atoms with Gasteiger partial charge in [-0.3, -0.25) is 14.8 Å². The van der Waals surface area contributed by atoms with Gasteiger partial charge in [-0.25, -0.2) is 4.98 Å². The Morgan fingerprint density at radius 3 is 3.05 bits per heavy atom. The van der Waals surface area contributed by atoms with Crippen LogP contribution in [0.2, 0.25) is 0 Å². The van der Waals surface area contributed by atoms with Crippen LogP contribution in [0, 0.1) is 11.3 Å². The Balaban J connectivity index is 2.22. The SMILES string of the molecule is N#CCC(c1cccnc1)c1c[nH]c2c(=O)[nH]c(N)nc12. The average Bonchev–Trinajstić information content (AvgIpc) is 2.89. The van der Waals surface area contributed by atoms with E-state index in [-0.39, 0.29) is 23.8 Å². The van der Waals surface area contributed by atoms with Gasteiger partial charge in [-0.05, 0) is 11.6 Å². The monoisotopic (exact) mass is 280 g/mol. The van der Waals surface area contributed by atoms with Crippen molar-refractivity contribution in [2.45, 2.75) is 12.3 Å². The van der Waals surface area contributed by atoms with Gasteiger partial charge in [-0.2, -0.15) is 5.26 Å². The number of nitrogen functional groups attached to an aromatic ring is 1. The summed E-state index contributed by atoms with van der Waals surface area (Å²) in [6, 6.07) is 5.86. The smallest absolute Gasteiger partial charge is 0.276 e. The average molecular weight is 280 g/mol. The first-order valence-corrected chi connectivity index (χ1v) is 6.34. The van der Waals surface area contributed by atoms with Crippen molar-refractivity contribution < 1.29 is 0 Å². The van der Waals surface area contributed by atoms with E-state index in [1.54, 1.807) is 18.6 Å². The van der Waals surface area contributed by atoms with Gasteiger partial charge >= 0.3 is 0 Å². The van der Waals surface area contributed by atoms with Gasteiger partial charge in [0, 0.05) is 36.5 Å². The van der Waals surface area contributed by atoms with Crippen LogP contribution in [-0.2, 0) is 0 Å². The maximum absolute atomic E-state index is 11.8. The molecule has 0 aromatic carbocycles. The van der Waals surface area contributed by atoms with Gasteiger partial charge in [0.15, 0.2) is 0 Å². The summed E-state index contributed by atoms with van der Waals surface area (Å²) in [5, 5.41) is 9.08. The Morgan fingerprint density at radius 1 is 1.48 bits per heavy atom. The normalized spacial score (nSPS) is 12.1. The number of nitrogens with one attached hydrogen (secondary N) is 2. The zero-order valence-electron chi connectivity index (χ0n) is 11.0. The second-order valence-electron chi connectivity index (χ2n) is 4.62. The van der Waals surface area contributed by atoms with Crippen LogP contribution in [0.4, 0.5) is 5.95 Å². The molecule has 3 rings (SSSR count). The van der Waals surface area contributed by atoms with Crippen molar-refractivity contribution in [3.05, 3.63) is 52.2 Å². The molecule has 1 atom stereocenters. The molecule has 104 valence electrons. The summed E-state index contributed by atoms with van der Waals surface area (Å²) in [6.07, 6.45) is 5.33. The molecule has 0 aliphatic heterocycles. The number of hydrogen-bond donors (Lipinski definition) is 3. The first-order chi connectivity index (χ1) is 10.2. The second-order valence-corrected chi connectivity index (χ2v) is 4.62. The standard InChI is InChI=1S/C14H12N6O/c15-4-3-9(8-2-1-5-17-6-8)10-7-18-12-11(10)19-14(16)20-13(12)21/h1-2,5-7,9,18H,3H2,(H3,16,19,20,21). The Kier molecular flexibility index (Phi) is 3.12. The maximum atomic E-state index is 11.8. The molecule has 1 unspecified atom stereocenters. The van der Waals surface area contributed by atoms with Gasteiger partial charge in [0.25, 0.3) is 5.56 Å². The topological polar surface area (TPSA) is 124 Å². The van der Waals surface area contributed by atoms with E-state index in [4.69, 9.17) is 11.0 Å². The Hall–Kier alpha value is -3.14. The summed E-state index contributed by atoms with van der Waals surface area (Å²) >= 11 is 0. The maximum Gasteiger partial charge on any atom is 0.276 e. The minimum absolute atomic E-state index is 0.0512. The number of anilines is 1. The lowest BCUT2D eigenvalue weighted by atomic mass is 9.91. The highest BCUT2D eigenvalue weighted by molar-refractivity contribution is 5.80. The van der Waals surface area contributed by atoms with E-state index in [1.165, 1.54) is 0 Å². The molecule has 3 aromatic rings. The van der Waals surface area contributed by atoms with Crippen molar-refractivity contribution in [2.75, 3.05) is 5.73 Å². The molecule has 0 amide bonds. The van der Waals surface area contributed by atoms with Crippen LogP contribution in [0.1, 0.15) is 23.5 Å². The van der Waals surface area contributed by atoms with Gasteiger partial charge in [0.1, 0.15) is 11.0 Å². The zero-order valence-corrected chi connectivity index (χ0v) is 11.0. The summed E-state index contributed by atoms with van der Waals surface area (Å²) in [7, 11) is 0. The molecule has 0 saturated carbocycles. The number of pyridine rings is 1. The minimum atomic E-state index is -0.328. The lowest BCUT2D eigenvalue weighted by Crippen LogP contribution is -2.11. The summed E-state index contributed by atoms with van der Waals surface area (Å²) in [5.74, 6) is -0.165. The highest BCUT2D eigenvalue weighted by Crippen LogP contribution is 2.31. The third-order valence-corrected chi connectivity index (χ3v) is 3.34. The Labute approximate surface area is 119 Å². The van der Waals surface area contributed by atoms with Crippen LogP contribution >= 0.6 is 0 Å². The van der Waals surface area contributed by atoms with E-state index in [0.29, 0.717) is 11.0 Å². The van der Waals surface area contributed by atoms with E-state index in [9.17, 15) is 4.79 Å². The summed E-state index contributed by atoms with van der Waals surface area (Å²) < 4.78 is 0. The summed E-state index contributed by atoms with van der Waals surface area (Å²) in [5.41, 5.74) is 7.77. The largest absolute Gasteiger partial charge is 0.369 e. The second kappa shape index (κ2) is 5.09. The number of hydrogen-bond acceptors (Lipinski definition) is 5. The van der Waals surface area contributed by atoms with Crippen molar-refractivity contribution in [1.29, 1.82) is 5.26 Å². The van der Waals surface area contributed by atoms with E-state index in [1.807, 2.05) is 12.1 Å². The fraction of sp³-hybridized carbons (Fsp3) is 0.143. The Morgan fingerprint density at radius 2 is 2.33 bits per heavy atom. The predicted molar refractivity (Wildman–Crippen MR) is 77.4 cm³/mol. The third-order valence-electron chi connectivity index (χ3n) is 3.34. The van der Waals surface area contributed by atoms with Crippen molar-refractivity contribution in [3.8, 4) is 6.07 Å². The van der Waals surface area contributed by atoms with Crippen molar-refractivity contribution in [1.82, 2.24) is 19.9 Å². The molecular weight excluding hydrogens is 268 g/mol. The molecule has 0 spiro atoms. The molecule has 21 heavy (non-hydrogen) atoms. The van der Waals surface area contributed by atoms with Crippen LogP contribution in [0.3, 0.4) is 0 Å². The van der Waals surface area contributed by atoms with Crippen molar-refractivity contribution in [2.24, 2.45) is 0 Å². The van der Waals surface area contributed by atoms with E-state index < -0.39 is 0 Å². The van der Waals surface area contributed by atoms with Gasteiger partial charge in [-0.1, -0.05) is 6.07 Å². The number of nitrogens with two attached hydrogens (primary N) is 1. The molecule has 3 aromatic heterocycles. The highest BCUT2D eigenvalue weighted by Gasteiger charge is 2.20. The summed E-state index contributed by atoms with van der Waals surface area (Å²) in [6.45, 7) is 0. The van der Waals surface area contributed by atoms with Crippen LogP contribution in [-0.4, -0.2) is 19.9 Å². The predicted octanol–water partition coefficient (Wildman–Crippen LogP) is 1.27. The highest BCUT2D eigenvalue weighted by atomic mass is 16.1. The Bertz CT molecular complexity index is 874. The molecule has 7 heteroatoms. The molecule has 0 bridgehead atoms. The molecule has 0 fully saturated rings. The molecule has 0 radical (unpaired) electrons. The summed E-state index contributed by atoms with van der Waals surface area (Å²) in [4.78, 5) is 25.5. The van der Waals surface area contributed by atoms with Crippen LogP contribution in [0.25, 0.3) is 11.0 Å². The number of fused-ring (bicyclic) bond motifs is 1. The lowest BCUT2D eigenvalue weighted by molar-refractivity contribution is 0.836. The molecule has 3 heterocycles. The van der Waals surface area contributed by atoms with E-state index in [0.717, 1.165) is 11.1 Å². The molecule has 7 nitrogen and oxygen atoms in total. The number of rotatable bonds is 3. The van der Waals surface area contributed by atoms with Crippen LogP contribution < -0.4 is 11.3 Å². The molecule has 0 aliphatic carbocycles. The molecule has 0 aliphatic rings. The van der Waals surface area contributed by atoms with Crippen molar-refractivity contribution >= 4 is 17.0 Å². The number of nitrogens with zero attached hydrogens (tertiary/aromatic N) is 3. The number of H-pyrrole nitrogens is 2. The number of aromatic amines is 2. The fourth-order valence-corrected chi connectivity index (χ4v) is 2.40. The van der Waals surface area contributed by atoms with Gasteiger partial charge in [0.2, 0.25) is 5.95 Å². The molecule has 0 saturated heterocycles. The van der Waals surface area contributed by atoms with Crippen LogP contribution in [0.15, 0.2) is 35.5 Å². The minimum Gasteiger partial charge on any atom is -0.369 e. The third kappa shape index (κ3) is 2.23. The number of aromatic nitrogens is 4. The lowest BCUT2D eigenvalue weighted by Gasteiger charge is -2.12. The van der Waals surface area contributed by atoms with Gasteiger partial charge in [-0.15, -0.1) is 0 Å². The van der Waals surface area contributed by atoms with Gasteiger partial charge in [0.05, 0.1) is 6.07 Å². The quantitative estimate of drug-likeness (QED) is 0.666.